The van der Waals surface area contributed by atoms with Crippen molar-refractivity contribution in [1.82, 2.24) is 0 Å². The van der Waals surface area contributed by atoms with Gasteiger partial charge in [0.15, 0.2) is 0 Å². The van der Waals surface area contributed by atoms with Gasteiger partial charge in [-0.25, -0.2) is 0 Å². The molecule has 14 heavy (non-hydrogen) atoms. The topological polar surface area (TPSA) is 26.3 Å². The van der Waals surface area contributed by atoms with Gasteiger partial charge in [-0.2, -0.15) is 0 Å². The maximum atomic E-state index is 11.6. The van der Waals surface area contributed by atoms with Crippen molar-refractivity contribution in [3.63, 3.8) is 0 Å². The molecule has 0 aliphatic heterocycles. The second-order valence-electron chi connectivity index (χ2n) is 5.28. The van der Waals surface area contributed by atoms with Crippen molar-refractivity contribution in [2.45, 2.75) is 46.6 Å². The van der Waals surface area contributed by atoms with Crippen molar-refractivity contribution in [2.75, 3.05) is 0 Å². The fourth-order valence-corrected chi connectivity index (χ4v) is 1.48. The monoisotopic (exact) mass is 196 g/mol. The van der Waals surface area contributed by atoms with Gasteiger partial charge in [-0.3, -0.25) is 4.79 Å². The molecular formula is C12H20O2. The average molecular weight is 196 g/mol. The molecular weight excluding hydrogens is 176 g/mol. The van der Waals surface area contributed by atoms with Crippen LogP contribution < -0.4 is 0 Å². The number of ether oxygens (including phenoxy) is 1. The lowest BCUT2D eigenvalue weighted by Gasteiger charge is -2.19. The molecule has 2 atom stereocenters. The second kappa shape index (κ2) is 3.76. The van der Waals surface area contributed by atoms with Crippen LogP contribution in [0.25, 0.3) is 0 Å². The van der Waals surface area contributed by atoms with E-state index in [4.69, 9.17) is 4.74 Å². The van der Waals surface area contributed by atoms with E-state index in [2.05, 4.69) is 19.9 Å². The molecule has 0 unspecified atom stereocenters. The third-order valence-electron chi connectivity index (χ3n) is 2.10. The van der Waals surface area contributed by atoms with E-state index in [1.54, 1.807) is 0 Å². The quantitative estimate of drug-likeness (QED) is 0.501. The van der Waals surface area contributed by atoms with E-state index in [1.807, 2.05) is 20.8 Å². The Morgan fingerprint density at radius 3 is 2.36 bits per heavy atom. The van der Waals surface area contributed by atoms with Crippen LogP contribution in [-0.4, -0.2) is 11.6 Å². The summed E-state index contributed by atoms with van der Waals surface area (Å²) in [5.41, 5.74) is 0.927. The third-order valence-corrected chi connectivity index (χ3v) is 2.10. The molecule has 1 aliphatic rings. The maximum Gasteiger partial charge on any atom is 0.310 e. The Hall–Kier alpha value is -0.790. The highest BCUT2D eigenvalue weighted by atomic mass is 16.6. The molecule has 0 radical (unpaired) electrons. The van der Waals surface area contributed by atoms with Gasteiger partial charge in [-0.15, -0.1) is 0 Å². The lowest BCUT2D eigenvalue weighted by Crippen LogP contribution is -2.25. The number of carbonyl (C=O) groups excluding carboxylic acids is 1. The predicted octanol–water partition coefficient (Wildman–Crippen LogP) is 2.93. The maximum absolute atomic E-state index is 11.6. The molecule has 2 nitrogen and oxygen atoms in total. The van der Waals surface area contributed by atoms with Gasteiger partial charge in [-0.1, -0.05) is 11.6 Å². The first-order chi connectivity index (χ1) is 6.29. The summed E-state index contributed by atoms with van der Waals surface area (Å²) in [5, 5.41) is 0. The van der Waals surface area contributed by atoms with E-state index in [9.17, 15) is 4.79 Å². The molecule has 0 amide bonds. The summed E-state index contributed by atoms with van der Waals surface area (Å²) in [6.45, 7) is 9.84. The highest BCUT2D eigenvalue weighted by molar-refractivity contribution is 5.76. The summed E-state index contributed by atoms with van der Waals surface area (Å²) < 4.78 is 5.31. The predicted molar refractivity (Wildman–Crippen MR) is 56.9 cm³/mol. The third kappa shape index (κ3) is 3.52. The zero-order chi connectivity index (χ0) is 10.9. The number of carbonyl (C=O) groups is 1. The summed E-state index contributed by atoms with van der Waals surface area (Å²) in [6.07, 6.45) is 3.12. The summed E-state index contributed by atoms with van der Waals surface area (Å²) in [7, 11) is 0. The minimum absolute atomic E-state index is 0.0417. The van der Waals surface area contributed by atoms with Crippen LogP contribution in [0.4, 0.5) is 0 Å². The normalized spacial score (nSPS) is 25.5. The number of esters is 1. The number of hydrogen-bond acceptors (Lipinski definition) is 2. The van der Waals surface area contributed by atoms with Gasteiger partial charge < -0.3 is 4.74 Å². The average Bonchev–Trinajstić information content (AvgIpc) is 2.61. The largest absolute Gasteiger partial charge is 0.460 e. The number of rotatable bonds is 2. The molecule has 0 heterocycles. The van der Waals surface area contributed by atoms with Crippen LogP contribution >= 0.6 is 0 Å². The van der Waals surface area contributed by atoms with E-state index < -0.39 is 0 Å². The molecule has 0 aromatic rings. The Morgan fingerprint density at radius 2 is 1.93 bits per heavy atom. The highest BCUT2D eigenvalue weighted by Crippen LogP contribution is 2.41. The Bertz CT molecular complexity index is 254. The van der Waals surface area contributed by atoms with Crippen LogP contribution in [0.15, 0.2) is 11.6 Å². The molecule has 1 aliphatic carbocycles. The smallest absolute Gasteiger partial charge is 0.310 e. The Balaban J connectivity index is 2.41. The second-order valence-corrected chi connectivity index (χ2v) is 5.28. The molecule has 0 spiro atoms. The van der Waals surface area contributed by atoms with Gasteiger partial charge in [0.2, 0.25) is 0 Å². The fourth-order valence-electron chi connectivity index (χ4n) is 1.48. The molecule has 0 aromatic heterocycles. The van der Waals surface area contributed by atoms with E-state index in [-0.39, 0.29) is 17.5 Å². The Morgan fingerprint density at radius 1 is 1.36 bits per heavy atom. The van der Waals surface area contributed by atoms with Crippen molar-refractivity contribution >= 4 is 5.97 Å². The van der Waals surface area contributed by atoms with Crippen LogP contribution in [-0.2, 0) is 9.53 Å². The summed E-state index contributed by atoms with van der Waals surface area (Å²) in [5.74, 6) is 0.499. The van der Waals surface area contributed by atoms with Crippen LogP contribution in [0, 0.1) is 11.8 Å². The van der Waals surface area contributed by atoms with Gasteiger partial charge in [0, 0.05) is 0 Å². The van der Waals surface area contributed by atoms with Gasteiger partial charge >= 0.3 is 5.97 Å². The SMILES string of the molecule is CC(C)=C[C@H]1C[C@@H]1C(=O)OC(C)(C)C. The molecule has 2 heteroatoms. The van der Waals surface area contributed by atoms with Gasteiger partial charge in [0.05, 0.1) is 5.92 Å². The van der Waals surface area contributed by atoms with Crippen LogP contribution in [0.3, 0.4) is 0 Å². The fraction of sp³-hybridized carbons (Fsp3) is 0.750. The molecule has 1 fully saturated rings. The lowest BCUT2D eigenvalue weighted by molar-refractivity contribution is -0.156. The van der Waals surface area contributed by atoms with Crippen molar-refractivity contribution in [3.8, 4) is 0 Å². The van der Waals surface area contributed by atoms with Crippen LogP contribution in [0.2, 0.25) is 0 Å². The summed E-state index contributed by atoms with van der Waals surface area (Å²) >= 11 is 0. The standard InChI is InChI=1S/C12H20O2/c1-8(2)6-9-7-10(9)11(13)14-12(3,4)5/h6,9-10H,7H2,1-5H3/t9-,10-/m0/s1. The first-order valence-corrected chi connectivity index (χ1v) is 5.17. The molecule has 0 bridgehead atoms. The molecule has 1 rings (SSSR count). The molecule has 0 aromatic carbocycles. The zero-order valence-electron chi connectivity index (χ0n) is 9.76. The van der Waals surface area contributed by atoms with Gasteiger partial charge in [-0.05, 0) is 47.0 Å². The van der Waals surface area contributed by atoms with E-state index >= 15 is 0 Å². The van der Waals surface area contributed by atoms with Gasteiger partial charge in [0.1, 0.15) is 5.60 Å². The van der Waals surface area contributed by atoms with E-state index in [0.717, 1.165) is 6.42 Å². The van der Waals surface area contributed by atoms with Crippen molar-refractivity contribution in [2.24, 2.45) is 11.8 Å². The Labute approximate surface area is 86.3 Å². The first-order valence-electron chi connectivity index (χ1n) is 5.17. The van der Waals surface area contributed by atoms with E-state index in [1.165, 1.54) is 5.57 Å². The molecule has 1 saturated carbocycles. The van der Waals surface area contributed by atoms with Crippen molar-refractivity contribution in [1.29, 1.82) is 0 Å². The summed E-state index contributed by atoms with van der Waals surface area (Å²) in [6, 6.07) is 0. The number of hydrogen-bond donors (Lipinski definition) is 0. The van der Waals surface area contributed by atoms with Crippen LogP contribution in [0.1, 0.15) is 41.0 Å². The molecule has 0 N–H and O–H groups in total. The first kappa shape index (κ1) is 11.3. The van der Waals surface area contributed by atoms with Crippen molar-refractivity contribution < 1.29 is 9.53 Å². The number of allylic oxidation sites excluding steroid dienone is 2. The summed E-state index contributed by atoms with van der Waals surface area (Å²) in [4.78, 5) is 11.6. The zero-order valence-corrected chi connectivity index (χ0v) is 9.76. The van der Waals surface area contributed by atoms with E-state index in [0.29, 0.717) is 5.92 Å². The van der Waals surface area contributed by atoms with Gasteiger partial charge in [0.25, 0.3) is 0 Å². The molecule has 0 saturated heterocycles. The Kier molecular flexibility index (Phi) is 3.03. The van der Waals surface area contributed by atoms with Crippen LogP contribution in [0.5, 0.6) is 0 Å². The minimum atomic E-state index is -0.352. The minimum Gasteiger partial charge on any atom is -0.460 e. The molecule has 80 valence electrons. The van der Waals surface area contributed by atoms with Crippen molar-refractivity contribution in [3.05, 3.63) is 11.6 Å². The highest BCUT2D eigenvalue weighted by Gasteiger charge is 2.43. The lowest BCUT2D eigenvalue weighted by atomic mass is 10.2.